The molecule has 0 saturated carbocycles. The summed E-state index contributed by atoms with van der Waals surface area (Å²) < 4.78 is 32.8. The highest BCUT2D eigenvalue weighted by Crippen LogP contribution is 2.24. The van der Waals surface area contributed by atoms with Crippen LogP contribution in [0.2, 0.25) is 0 Å². The number of rotatable bonds is 4. The lowest BCUT2D eigenvalue weighted by Gasteiger charge is -2.12. The Kier molecular flexibility index (Phi) is 4.87. The number of hydrogen-bond acceptors (Lipinski definition) is 4. The number of hydrogen-bond donors (Lipinski definition) is 1. The van der Waals surface area contributed by atoms with Crippen LogP contribution in [-0.4, -0.2) is 21.5 Å². The van der Waals surface area contributed by atoms with Crippen LogP contribution in [0.4, 0.5) is 5.69 Å². The largest absolute Gasteiger partial charge is 0.465 e. The molecule has 2 aromatic carbocycles. The first-order chi connectivity index (χ1) is 10.3. The minimum atomic E-state index is -3.90. The Balaban J connectivity index is 2.47. The number of anilines is 1. The van der Waals surface area contributed by atoms with Gasteiger partial charge in [-0.25, -0.2) is 13.2 Å². The lowest BCUT2D eigenvalue weighted by Crippen LogP contribution is -2.17. The van der Waals surface area contributed by atoms with Crippen LogP contribution >= 0.6 is 15.9 Å². The molecule has 0 aliphatic carbocycles. The number of methoxy groups -OCH3 is 1. The highest BCUT2D eigenvalue weighted by Gasteiger charge is 2.23. The summed E-state index contributed by atoms with van der Waals surface area (Å²) in [6.45, 7) is 1.86. The van der Waals surface area contributed by atoms with E-state index < -0.39 is 16.0 Å². The molecule has 1 N–H and O–H groups in total. The first-order valence-corrected chi connectivity index (χ1v) is 8.58. The molecule has 0 spiro atoms. The van der Waals surface area contributed by atoms with Gasteiger partial charge in [-0.2, -0.15) is 0 Å². The van der Waals surface area contributed by atoms with Crippen molar-refractivity contribution in [3.8, 4) is 0 Å². The number of esters is 1. The van der Waals surface area contributed by atoms with E-state index in [2.05, 4.69) is 25.4 Å². The average molecular weight is 384 g/mol. The number of carbonyl (C=O) groups is 1. The van der Waals surface area contributed by atoms with E-state index in [0.717, 1.165) is 5.56 Å². The van der Waals surface area contributed by atoms with Crippen molar-refractivity contribution in [2.24, 2.45) is 0 Å². The Morgan fingerprint density at radius 1 is 1.18 bits per heavy atom. The zero-order valence-corrected chi connectivity index (χ0v) is 14.4. The number of aryl methyl sites for hydroxylation is 1. The molecule has 2 rings (SSSR count). The van der Waals surface area contributed by atoms with Gasteiger partial charge in [0.15, 0.2) is 0 Å². The fourth-order valence-electron chi connectivity index (χ4n) is 1.92. The number of carbonyl (C=O) groups excluding carboxylic acids is 1. The zero-order chi connectivity index (χ0) is 16.3. The van der Waals surface area contributed by atoms with Gasteiger partial charge in [-0.1, -0.05) is 28.1 Å². The third-order valence-corrected chi connectivity index (χ3v) is 4.84. The first-order valence-electron chi connectivity index (χ1n) is 6.31. The summed E-state index contributed by atoms with van der Waals surface area (Å²) in [7, 11) is -2.70. The fourth-order valence-corrected chi connectivity index (χ4v) is 3.51. The van der Waals surface area contributed by atoms with Crippen LogP contribution in [0.1, 0.15) is 15.9 Å². The summed E-state index contributed by atoms with van der Waals surface area (Å²) in [4.78, 5) is 11.7. The van der Waals surface area contributed by atoms with Crippen molar-refractivity contribution < 1.29 is 17.9 Å². The van der Waals surface area contributed by atoms with Gasteiger partial charge in [0, 0.05) is 10.2 Å². The van der Waals surface area contributed by atoms with Crippen LogP contribution in [0.3, 0.4) is 0 Å². The minimum absolute atomic E-state index is 0.0305. The number of ether oxygens (including phenoxy) is 1. The number of sulfonamides is 1. The summed E-state index contributed by atoms with van der Waals surface area (Å²) in [6, 6.07) is 11.3. The molecule has 0 saturated heterocycles. The molecule has 0 aromatic heterocycles. The van der Waals surface area contributed by atoms with Gasteiger partial charge in [-0.15, -0.1) is 0 Å². The van der Waals surface area contributed by atoms with Crippen LogP contribution in [0.5, 0.6) is 0 Å². The van der Waals surface area contributed by atoms with E-state index >= 15 is 0 Å². The molecule has 0 bridgehead atoms. The third-order valence-electron chi connectivity index (χ3n) is 2.91. The third kappa shape index (κ3) is 3.66. The monoisotopic (exact) mass is 383 g/mol. The van der Waals surface area contributed by atoms with E-state index in [1.54, 1.807) is 24.3 Å². The Bertz CT molecular complexity index is 818. The molecular formula is C15H14BrNO4S. The van der Waals surface area contributed by atoms with Crippen LogP contribution in [-0.2, 0) is 14.8 Å². The van der Waals surface area contributed by atoms with Crippen molar-refractivity contribution in [2.75, 3.05) is 11.8 Å². The highest BCUT2D eigenvalue weighted by atomic mass is 79.9. The van der Waals surface area contributed by atoms with E-state index in [-0.39, 0.29) is 10.5 Å². The van der Waals surface area contributed by atoms with Crippen LogP contribution in [0.15, 0.2) is 51.8 Å². The maximum absolute atomic E-state index is 12.5. The molecule has 0 aliphatic heterocycles. The lowest BCUT2D eigenvalue weighted by atomic mass is 10.2. The molecule has 0 radical (unpaired) electrons. The quantitative estimate of drug-likeness (QED) is 0.821. The van der Waals surface area contributed by atoms with Gasteiger partial charge in [-0.05, 0) is 42.8 Å². The maximum atomic E-state index is 12.5. The summed E-state index contributed by atoms with van der Waals surface area (Å²) in [5, 5.41) is 0. The van der Waals surface area contributed by atoms with Gasteiger partial charge in [-0.3, -0.25) is 4.72 Å². The van der Waals surface area contributed by atoms with Gasteiger partial charge in [0.05, 0.1) is 12.7 Å². The molecular weight excluding hydrogens is 370 g/mol. The smallest absolute Gasteiger partial charge is 0.339 e. The Hall–Kier alpha value is -1.86. The van der Waals surface area contributed by atoms with Crippen LogP contribution in [0, 0.1) is 6.92 Å². The molecule has 0 heterocycles. The summed E-state index contributed by atoms with van der Waals surface area (Å²) in [6.07, 6.45) is 0. The maximum Gasteiger partial charge on any atom is 0.339 e. The van der Waals surface area contributed by atoms with Crippen molar-refractivity contribution >= 4 is 37.6 Å². The molecule has 5 nitrogen and oxygen atoms in total. The lowest BCUT2D eigenvalue weighted by molar-refractivity contribution is 0.0596. The van der Waals surface area contributed by atoms with Crippen molar-refractivity contribution in [3.05, 3.63) is 58.1 Å². The van der Waals surface area contributed by atoms with Crippen LogP contribution in [0.25, 0.3) is 0 Å². The SMILES string of the molecule is COC(=O)c1cc(Br)ccc1S(=O)(=O)Nc1cccc(C)c1. The van der Waals surface area contributed by atoms with E-state index in [0.29, 0.717) is 10.2 Å². The van der Waals surface area contributed by atoms with Crippen molar-refractivity contribution in [1.29, 1.82) is 0 Å². The highest BCUT2D eigenvalue weighted by molar-refractivity contribution is 9.10. The van der Waals surface area contributed by atoms with Crippen molar-refractivity contribution in [2.45, 2.75) is 11.8 Å². The summed E-state index contributed by atoms with van der Waals surface area (Å²) in [5.41, 5.74) is 1.32. The molecule has 0 unspecified atom stereocenters. The Morgan fingerprint density at radius 3 is 2.55 bits per heavy atom. The van der Waals surface area contributed by atoms with E-state index in [4.69, 9.17) is 0 Å². The van der Waals surface area contributed by atoms with Crippen LogP contribution < -0.4 is 4.72 Å². The zero-order valence-electron chi connectivity index (χ0n) is 12.0. The number of benzene rings is 2. The Morgan fingerprint density at radius 2 is 1.91 bits per heavy atom. The predicted octanol–water partition coefficient (Wildman–Crippen LogP) is 3.34. The van der Waals surface area contributed by atoms with Gasteiger partial charge in [0.25, 0.3) is 10.0 Å². The van der Waals surface area contributed by atoms with Crippen molar-refractivity contribution in [3.63, 3.8) is 0 Å². The van der Waals surface area contributed by atoms with E-state index in [1.807, 2.05) is 13.0 Å². The second-order valence-corrected chi connectivity index (χ2v) is 7.17. The van der Waals surface area contributed by atoms with E-state index in [9.17, 15) is 13.2 Å². The second kappa shape index (κ2) is 6.50. The van der Waals surface area contributed by atoms with Gasteiger partial charge < -0.3 is 4.74 Å². The molecule has 7 heteroatoms. The Labute approximate surface area is 137 Å². The summed E-state index contributed by atoms with van der Waals surface area (Å²) in [5.74, 6) is -0.717. The molecule has 0 aliphatic rings. The number of nitrogens with one attached hydrogen (secondary N) is 1. The van der Waals surface area contributed by atoms with Gasteiger partial charge in [0.2, 0.25) is 0 Å². The average Bonchev–Trinajstić information content (AvgIpc) is 2.45. The normalized spacial score (nSPS) is 11.0. The molecule has 2 aromatic rings. The molecule has 0 amide bonds. The topological polar surface area (TPSA) is 72.5 Å². The standard InChI is InChI=1S/C15H14BrNO4S/c1-10-4-3-5-12(8-10)17-22(19,20)14-7-6-11(16)9-13(14)15(18)21-2/h3-9,17H,1-2H3. The first kappa shape index (κ1) is 16.5. The number of halogens is 1. The van der Waals surface area contributed by atoms with Crippen molar-refractivity contribution in [1.82, 2.24) is 0 Å². The molecule has 0 fully saturated rings. The van der Waals surface area contributed by atoms with E-state index in [1.165, 1.54) is 19.2 Å². The second-order valence-electron chi connectivity index (χ2n) is 4.61. The van der Waals surface area contributed by atoms with Gasteiger partial charge in [0.1, 0.15) is 4.90 Å². The summed E-state index contributed by atoms with van der Waals surface area (Å²) >= 11 is 3.21. The molecule has 0 atom stereocenters. The minimum Gasteiger partial charge on any atom is -0.465 e. The van der Waals surface area contributed by atoms with Gasteiger partial charge >= 0.3 is 5.97 Å². The fraction of sp³-hybridized carbons (Fsp3) is 0.133. The molecule has 22 heavy (non-hydrogen) atoms. The molecule has 116 valence electrons. The predicted molar refractivity (Wildman–Crippen MR) is 87.5 cm³/mol.